The van der Waals surface area contributed by atoms with Gasteiger partial charge >= 0.3 is 11.4 Å². The lowest BCUT2D eigenvalue weighted by atomic mass is 10.4. The summed E-state index contributed by atoms with van der Waals surface area (Å²) in [6.07, 6.45) is 2.35. The second-order valence-electron chi connectivity index (χ2n) is 4.01. The normalized spacial score (nSPS) is 11.1. The standard InChI is InChI=1S/C10H10N6O4/c1-5-3-15(9(19)11-7(5)17)13-14-16-4-6(2)8(18)12-10(16)20/h3-4H,1-2H3,(H,11,17,19)(H,12,18,20). The molecule has 0 spiro atoms. The van der Waals surface area contributed by atoms with Gasteiger partial charge in [-0.1, -0.05) is 0 Å². The number of aromatic nitrogens is 4. The molecule has 104 valence electrons. The molecule has 2 N–H and O–H groups in total. The van der Waals surface area contributed by atoms with E-state index in [0.717, 1.165) is 9.35 Å². The maximum absolute atomic E-state index is 11.4. The largest absolute Gasteiger partial charge is 0.350 e. The van der Waals surface area contributed by atoms with Crippen LogP contribution in [0.2, 0.25) is 0 Å². The summed E-state index contributed by atoms with van der Waals surface area (Å²) in [5, 5.41) is 7.02. The Morgan fingerprint density at radius 3 is 1.50 bits per heavy atom. The highest BCUT2D eigenvalue weighted by atomic mass is 16.2. The highest BCUT2D eigenvalue weighted by molar-refractivity contribution is 5.01. The Morgan fingerprint density at radius 1 is 0.800 bits per heavy atom. The summed E-state index contributed by atoms with van der Waals surface area (Å²) >= 11 is 0. The van der Waals surface area contributed by atoms with E-state index in [9.17, 15) is 19.2 Å². The minimum atomic E-state index is -0.793. The predicted octanol–water partition coefficient (Wildman–Crippen LogP) is -1.32. The first-order valence-electron chi connectivity index (χ1n) is 5.46. The third-order valence-electron chi connectivity index (χ3n) is 2.44. The summed E-state index contributed by atoms with van der Waals surface area (Å²) in [4.78, 5) is 49.3. The highest BCUT2D eigenvalue weighted by Crippen LogP contribution is 1.87. The lowest BCUT2D eigenvalue weighted by Gasteiger charge is -1.99. The van der Waals surface area contributed by atoms with Gasteiger partial charge in [-0.3, -0.25) is 19.6 Å². The fraction of sp³-hybridized carbons (Fsp3) is 0.200. The molecule has 0 atom stereocenters. The van der Waals surface area contributed by atoms with Crippen LogP contribution >= 0.6 is 0 Å². The molecule has 2 aromatic rings. The molecule has 10 heteroatoms. The first kappa shape index (κ1) is 13.4. The van der Waals surface area contributed by atoms with Crippen molar-refractivity contribution in [3.8, 4) is 0 Å². The zero-order valence-electron chi connectivity index (χ0n) is 10.6. The second-order valence-corrected chi connectivity index (χ2v) is 4.01. The van der Waals surface area contributed by atoms with Crippen molar-refractivity contribution in [3.63, 3.8) is 0 Å². The van der Waals surface area contributed by atoms with Crippen molar-refractivity contribution in [3.05, 3.63) is 65.2 Å². The summed E-state index contributed by atoms with van der Waals surface area (Å²) in [5.74, 6) is 0. The minimum absolute atomic E-state index is 0.258. The van der Waals surface area contributed by atoms with E-state index >= 15 is 0 Å². The van der Waals surface area contributed by atoms with Gasteiger partial charge in [-0.2, -0.15) is 9.35 Å². The number of H-pyrrole nitrogens is 2. The third kappa shape index (κ3) is 2.53. The minimum Gasteiger partial charge on any atom is -0.272 e. The molecule has 0 aliphatic rings. The van der Waals surface area contributed by atoms with Gasteiger partial charge in [0.25, 0.3) is 11.1 Å². The van der Waals surface area contributed by atoms with E-state index in [1.807, 2.05) is 9.97 Å². The molecule has 0 radical (unpaired) electrons. The van der Waals surface area contributed by atoms with Gasteiger partial charge < -0.3 is 0 Å². The van der Waals surface area contributed by atoms with Gasteiger partial charge in [-0.05, 0) is 24.3 Å². The Kier molecular flexibility index (Phi) is 3.29. The molecule has 10 nitrogen and oxygen atoms in total. The average molecular weight is 278 g/mol. The van der Waals surface area contributed by atoms with Gasteiger partial charge in [0.1, 0.15) is 0 Å². The van der Waals surface area contributed by atoms with Gasteiger partial charge in [0.15, 0.2) is 0 Å². The van der Waals surface area contributed by atoms with Crippen LogP contribution in [0.3, 0.4) is 0 Å². The van der Waals surface area contributed by atoms with Crippen molar-refractivity contribution in [2.24, 2.45) is 10.4 Å². The van der Waals surface area contributed by atoms with Crippen LogP contribution in [-0.4, -0.2) is 19.3 Å². The molecule has 2 rings (SSSR count). The quantitative estimate of drug-likeness (QED) is 0.659. The molecule has 20 heavy (non-hydrogen) atoms. The number of rotatable bonds is 2. The van der Waals surface area contributed by atoms with E-state index in [2.05, 4.69) is 10.4 Å². The van der Waals surface area contributed by atoms with E-state index in [1.165, 1.54) is 26.2 Å². The monoisotopic (exact) mass is 278 g/mol. The zero-order chi connectivity index (χ0) is 14.9. The van der Waals surface area contributed by atoms with Gasteiger partial charge in [0.05, 0.1) is 0 Å². The number of nitrogens with one attached hydrogen (secondary N) is 2. The summed E-state index contributed by atoms with van der Waals surface area (Å²) in [7, 11) is 0. The van der Waals surface area contributed by atoms with Crippen LogP contribution < -0.4 is 22.5 Å². The maximum atomic E-state index is 11.4. The summed E-state index contributed by atoms with van der Waals surface area (Å²) in [6, 6.07) is 0. The maximum Gasteiger partial charge on any atom is 0.350 e. The first-order chi connectivity index (χ1) is 9.38. The fourth-order valence-electron chi connectivity index (χ4n) is 1.33. The lowest BCUT2D eigenvalue weighted by molar-refractivity contribution is 0.620. The third-order valence-corrected chi connectivity index (χ3v) is 2.44. The fourth-order valence-corrected chi connectivity index (χ4v) is 1.33. The number of hydrogen-bond donors (Lipinski definition) is 2. The number of aromatic amines is 2. The molecule has 0 saturated heterocycles. The Hall–Kier alpha value is -3.04. The van der Waals surface area contributed by atoms with Crippen LogP contribution in [0.15, 0.2) is 42.0 Å². The molecule has 2 aromatic heterocycles. The van der Waals surface area contributed by atoms with Crippen LogP contribution in [0.5, 0.6) is 0 Å². The Balaban J connectivity index is 2.50. The molecule has 0 saturated carbocycles. The molecule has 2 heterocycles. The van der Waals surface area contributed by atoms with Gasteiger partial charge in [0.2, 0.25) is 0 Å². The molecular formula is C10H10N6O4. The molecule has 0 aliphatic heterocycles. The number of nitrogens with zero attached hydrogens (tertiary/aromatic N) is 4. The van der Waals surface area contributed by atoms with Crippen molar-refractivity contribution in [2.45, 2.75) is 13.8 Å². The Morgan fingerprint density at radius 2 is 1.15 bits per heavy atom. The van der Waals surface area contributed by atoms with Crippen molar-refractivity contribution >= 4 is 0 Å². The Bertz CT molecular complexity index is 837. The van der Waals surface area contributed by atoms with Gasteiger partial charge in [-0.15, -0.1) is 0 Å². The predicted molar refractivity (Wildman–Crippen MR) is 67.8 cm³/mol. The molecule has 0 bridgehead atoms. The van der Waals surface area contributed by atoms with E-state index in [1.54, 1.807) is 0 Å². The van der Waals surface area contributed by atoms with Gasteiger partial charge in [-0.25, -0.2) is 9.59 Å². The molecule has 0 fully saturated rings. The average Bonchev–Trinajstić information content (AvgIpc) is 2.37. The van der Waals surface area contributed by atoms with E-state index in [-0.39, 0.29) is 11.1 Å². The van der Waals surface area contributed by atoms with Crippen molar-refractivity contribution in [2.75, 3.05) is 0 Å². The van der Waals surface area contributed by atoms with Crippen LogP contribution in [0.4, 0.5) is 0 Å². The second kappa shape index (κ2) is 4.91. The van der Waals surface area contributed by atoms with Crippen LogP contribution in [-0.2, 0) is 0 Å². The van der Waals surface area contributed by atoms with E-state index in [0.29, 0.717) is 0 Å². The van der Waals surface area contributed by atoms with Crippen LogP contribution in [0.1, 0.15) is 11.1 Å². The topological polar surface area (TPSA) is 134 Å². The molecular weight excluding hydrogens is 268 g/mol. The molecule has 0 aromatic carbocycles. The number of aryl methyl sites for hydroxylation is 2. The van der Waals surface area contributed by atoms with Crippen molar-refractivity contribution in [1.29, 1.82) is 0 Å². The summed E-state index contributed by atoms with van der Waals surface area (Å²) in [6.45, 7) is 2.97. The summed E-state index contributed by atoms with van der Waals surface area (Å²) in [5.41, 5.74) is -2.13. The lowest BCUT2D eigenvalue weighted by Crippen LogP contribution is -2.30. The van der Waals surface area contributed by atoms with E-state index in [4.69, 9.17) is 0 Å². The number of hydrogen-bond acceptors (Lipinski definition) is 6. The first-order valence-corrected chi connectivity index (χ1v) is 5.46. The van der Waals surface area contributed by atoms with E-state index < -0.39 is 22.5 Å². The SMILES string of the molecule is Cc1cn(N=Nn2cc(C)c(=O)[nH]c2=O)c(=O)[nH]c1=O. The molecule has 0 amide bonds. The zero-order valence-corrected chi connectivity index (χ0v) is 10.6. The van der Waals surface area contributed by atoms with Gasteiger partial charge in [0, 0.05) is 23.5 Å². The van der Waals surface area contributed by atoms with Crippen molar-refractivity contribution in [1.82, 2.24) is 19.3 Å². The molecule has 0 aliphatic carbocycles. The smallest absolute Gasteiger partial charge is 0.272 e. The molecule has 0 unspecified atom stereocenters. The Labute approximate surface area is 110 Å². The van der Waals surface area contributed by atoms with Crippen LogP contribution in [0.25, 0.3) is 0 Å². The van der Waals surface area contributed by atoms with Crippen molar-refractivity contribution < 1.29 is 0 Å². The summed E-state index contributed by atoms with van der Waals surface area (Å²) < 4.78 is 1.53. The highest BCUT2D eigenvalue weighted by Gasteiger charge is 2.01. The van der Waals surface area contributed by atoms with Crippen LogP contribution in [0, 0.1) is 13.8 Å².